The number of hydrogen-bond acceptors (Lipinski definition) is 7. The topological polar surface area (TPSA) is 113 Å². The van der Waals surface area contributed by atoms with Gasteiger partial charge in [-0.05, 0) is 25.5 Å². The number of piperazine rings is 1. The molecule has 1 unspecified atom stereocenters. The Labute approximate surface area is 165 Å². The van der Waals surface area contributed by atoms with E-state index in [2.05, 4.69) is 5.32 Å². The molecule has 1 aromatic rings. The summed E-state index contributed by atoms with van der Waals surface area (Å²) in [5, 5.41) is 2.71. The normalized spacial score (nSPS) is 21.7. The van der Waals surface area contributed by atoms with Crippen molar-refractivity contribution in [2.75, 3.05) is 50.0 Å². The summed E-state index contributed by atoms with van der Waals surface area (Å²) < 4.78 is 55.8. The van der Waals surface area contributed by atoms with Gasteiger partial charge in [-0.15, -0.1) is 0 Å². The summed E-state index contributed by atoms with van der Waals surface area (Å²) >= 11 is 0. The molecule has 11 heteroatoms. The van der Waals surface area contributed by atoms with E-state index in [1.165, 1.54) is 16.6 Å². The zero-order valence-corrected chi connectivity index (χ0v) is 17.8. The van der Waals surface area contributed by atoms with Crippen LogP contribution in [-0.4, -0.2) is 82.8 Å². The Morgan fingerprint density at radius 2 is 1.79 bits per heavy atom. The molecular formula is C17H25N3O6S2. The first-order chi connectivity index (χ1) is 13.0. The van der Waals surface area contributed by atoms with Gasteiger partial charge in [0.15, 0.2) is 6.10 Å². The number of aryl methyl sites for hydroxylation is 1. The average molecular weight is 432 g/mol. The van der Waals surface area contributed by atoms with Gasteiger partial charge in [0.2, 0.25) is 10.0 Å². The smallest absolute Gasteiger partial charge is 0.265 e. The Hall–Kier alpha value is -1.69. The van der Waals surface area contributed by atoms with E-state index in [9.17, 15) is 21.6 Å². The van der Waals surface area contributed by atoms with Crippen molar-refractivity contribution in [3.63, 3.8) is 0 Å². The van der Waals surface area contributed by atoms with Gasteiger partial charge in [0.25, 0.3) is 5.91 Å². The van der Waals surface area contributed by atoms with Crippen LogP contribution in [0.3, 0.4) is 0 Å². The number of nitrogens with zero attached hydrogens (tertiary/aromatic N) is 2. The first-order valence-corrected chi connectivity index (χ1v) is 12.5. The molecule has 0 aliphatic carbocycles. The fraction of sp³-hybridized carbons (Fsp3) is 0.588. The Morgan fingerprint density at radius 3 is 2.39 bits per heavy atom. The molecule has 0 bridgehead atoms. The molecule has 2 aliphatic rings. The second-order valence-electron chi connectivity index (χ2n) is 7.24. The van der Waals surface area contributed by atoms with Crippen LogP contribution in [0.25, 0.3) is 0 Å². The molecule has 0 spiro atoms. The third kappa shape index (κ3) is 4.48. The summed E-state index contributed by atoms with van der Waals surface area (Å²) in [4.78, 5) is 13.8. The number of sulfonamides is 1. The van der Waals surface area contributed by atoms with Gasteiger partial charge in [0.1, 0.15) is 15.6 Å². The molecule has 28 heavy (non-hydrogen) atoms. The molecule has 2 heterocycles. The largest absolute Gasteiger partial charge is 0.479 e. The van der Waals surface area contributed by atoms with Crippen LogP contribution in [0, 0.1) is 6.92 Å². The molecule has 3 rings (SSSR count). The maximum atomic E-state index is 13.1. The van der Waals surface area contributed by atoms with Crippen molar-refractivity contribution in [3.8, 4) is 5.75 Å². The molecule has 0 radical (unpaired) electrons. The molecule has 1 fully saturated rings. The third-order valence-electron chi connectivity index (χ3n) is 4.94. The number of sulfone groups is 1. The lowest BCUT2D eigenvalue weighted by Gasteiger charge is -2.34. The summed E-state index contributed by atoms with van der Waals surface area (Å²) in [6.07, 6.45) is 0.502. The predicted octanol–water partition coefficient (Wildman–Crippen LogP) is 0.0653. The number of ether oxygens (including phenoxy) is 1. The summed E-state index contributed by atoms with van der Waals surface area (Å²) in [6.45, 7) is 5.20. The van der Waals surface area contributed by atoms with Gasteiger partial charge in [0, 0.05) is 45.0 Å². The molecule has 2 aliphatic heterocycles. The first kappa shape index (κ1) is 21.0. The lowest BCUT2D eigenvalue weighted by molar-refractivity contribution is -0.122. The van der Waals surface area contributed by atoms with Crippen molar-refractivity contribution >= 4 is 31.5 Å². The van der Waals surface area contributed by atoms with E-state index in [0.29, 0.717) is 36.6 Å². The Bertz CT molecular complexity index is 982. The standard InChI is InChI=1S/C17H25N3O6S2/c1-12-10-14-15(26-13(2)17(21)18-14)11-16(12)28(24,25)20-6-4-19(5-7-20)8-9-27(3,22)23/h10-11,13H,4-9H2,1-3H3,(H,18,21). The van der Waals surface area contributed by atoms with Crippen molar-refractivity contribution in [3.05, 3.63) is 17.7 Å². The maximum Gasteiger partial charge on any atom is 0.265 e. The van der Waals surface area contributed by atoms with Crippen LogP contribution >= 0.6 is 0 Å². The number of hydrogen-bond donors (Lipinski definition) is 1. The monoisotopic (exact) mass is 431 g/mol. The van der Waals surface area contributed by atoms with E-state index in [1.807, 2.05) is 4.90 Å². The van der Waals surface area contributed by atoms with Crippen LogP contribution in [0.4, 0.5) is 5.69 Å². The number of amides is 1. The summed E-state index contributed by atoms with van der Waals surface area (Å²) in [6, 6.07) is 3.07. The number of benzene rings is 1. The van der Waals surface area contributed by atoms with E-state index in [0.717, 1.165) is 0 Å². The fourth-order valence-electron chi connectivity index (χ4n) is 3.25. The lowest BCUT2D eigenvalue weighted by atomic mass is 10.1. The van der Waals surface area contributed by atoms with Gasteiger partial charge in [0.05, 0.1) is 16.3 Å². The van der Waals surface area contributed by atoms with Crippen LogP contribution in [0.1, 0.15) is 12.5 Å². The van der Waals surface area contributed by atoms with Gasteiger partial charge in [-0.1, -0.05) is 0 Å². The maximum absolute atomic E-state index is 13.1. The third-order valence-corrected chi connectivity index (χ3v) is 7.90. The molecular weight excluding hydrogens is 406 g/mol. The molecule has 0 saturated carbocycles. The highest BCUT2D eigenvalue weighted by atomic mass is 32.2. The quantitative estimate of drug-likeness (QED) is 0.702. The molecule has 0 aromatic heterocycles. The number of nitrogens with one attached hydrogen (secondary N) is 1. The Morgan fingerprint density at radius 1 is 1.14 bits per heavy atom. The van der Waals surface area contributed by atoms with Crippen molar-refractivity contribution in [2.24, 2.45) is 0 Å². The van der Waals surface area contributed by atoms with Gasteiger partial charge in [-0.25, -0.2) is 16.8 Å². The van der Waals surface area contributed by atoms with E-state index in [4.69, 9.17) is 4.74 Å². The highest BCUT2D eigenvalue weighted by Crippen LogP contribution is 2.35. The first-order valence-electron chi connectivity index (χ1n) is 9.00. The molecule has 1 N–H and O–H groups in total. The van der Waals surface area contributed by atoms with Crippen molar-refractivity contribution in [2.45, 2.75) is 24.8 Å². The summed E-state index contributed by atoms with van der Waals surface area (Å²) in [5.41, 5.74) is 0.988. The van der Waals surface area contributed by atoms with Crippen LogP contribution < -0.4 is 10.1 Å². The van der Waals surface area contributed by atoms with Crippen molar-refractivity contribution in [1.29, 1.82) is 0 Å². The fourth-order valence-corrected chi connectivity index (χ4v) is 5.48. The minimum atomic E-state index is -3.73. The van der Waals surface area contributed by atoms with Crippen LogP contribution in [0.5, 0.6) is 5.75 Å². The highest BCUT2D eigenvalue weighted by Gasteiger charge is 2.32. The molecule has 156 valence electrons. The van der Waals surface area contributed by atoms with Crippen molar-refractivity contribution < 1.29 is 26.4 Å². The Kier molecular flexibility index (Phi) is 5.72. The minimum absolute atomic E-state index is 0.0604. The lowest BCUT2D eigenvalue weighted by Crippen LogP contribution is -2.49. The zero-order chi connectivity index (χ0) is 20.7. The van der Waals surface area contributed by atoms with Gasteiger partial charge in [-0.2, -0.15) is 4.31 Å². The van der Waals surface area contributed by atoms with E-state index in [1.54, 1.807) is 19.9 Å². The van der Waals surface area contributed by atoms with Gasteiger partial charge in [-0.3, -0.25) is 9.69 Å². The average Bonchev–Trinajstić information content (AvgIpc) is 2.60. The summed E-state index contributed by atoms with van der Waals surface area (Å²) in [5.74, 6) is 0.126. The van der Waals surface area contributed by atoms with Crippen molar-refractivity contribution in [1.82, 2.24) is 9.21 Å². The molecule has 1 saturated heterocycles. The number of anilines is 1. The van der Waals surface area contributed by atoms with Crippen LogP contribution in [0.15, 0.2) is 17.0 Å². The van der Waals surface area contributed by atoms with E-state index >= 15 is 0 Å². The second-order valence-corrected chi connectivity index (χ2v) is 11.4. The number of rotatable bonds is 5. The number of carbonyl (C=O) groups excluding carboxylic acids is 1. The Balaban J connectivity index is 1.75. The molecule has 1 atom stereocenters. The predicted molar refractivity (Wildman–Crippen MR) is 105 cm³/mol. The minimum Gasteiger partial charge on any atom is -0.479 e. The van der Waals surface area contributed by atoms with Gasteiger partial charge >= 0.3 is 0 Å². The van der Waals surface area contributed by atoms with E-state index in [-0.39, 0.29) is 29.6 Å². The number of carbonyl (C=O) groups is 1. The molecule has 9 nitrogen and oxygen atoms in total. The van der Waals surface area contributed by atoms with E-state index < -0.39 is 26.0 Å². The molecule has 1 aromatic carbocycles. The second kappa shape index (κ2) is 7.62. The highest BCUT2D eigenvalue weighted by molar-refractivity contribution is 7.90. The number of fused-ring (bicyclic) bond motifs is 1. The molecule has 1 amide bonds. The van der Waals surface area contributed by atoms with Gasteiger partial charge < -0.3 is 10.1 Å². The van der Waals surface area contributed by atoms with Crippen LogP contribution in [-0.2, 0) is 24.7 Å². The zero-order valence-electron chi connectivity index (χ0n) is 16.1. The SMILES string of the molecule is Cc1cc2c(cc1S(=O)(=O)N1CCN(CCS(C)(=O)=O)CC1)OC(C)C(=O)N2. The summed E-state index contributed by atoms with van der Waals surface area (Å²) in [7, 11) is -6.78. The van der Waals surface area contributed by atoms with Crippen LogP contribution in [0.2, 0.25) is 0 Å².